The molecule has 26 heavy (non-hydrogen) atoms. The molecule has 3 aromatic rings. The lowest BCUT2D eigenvalue weighted by Crippen LogP contribution is -2.10. The Morgan fingerprint density at radius 1 is 0.731 bits per heavy atom. The number of hydrogen-bond acceptors (Lipinski definition) is 0. The summed E-state index contributed by atoms with van der Waals surface area (Å²) >= 11 is 0. The van der Waals surface area contributed by atoms with E-state index in [1.807, 2.05) is 0 Å². The van der Waals surface area contributed by atoms with Crippen LogP contribution in [0.3, 0.4) is 0 Å². The molecular weight excluding hydrogens is 312 g/mol. The number of fused-ring (bicyclic) bond motifs is 1. The van der Waals surface area contributed by atoms with Crippen molar-refractivity contribution >= 4 is 11.6 Å². The highest BCUT2D eigenvalue weighted by atomic mass is 14.2. The molecule has 0 spiro atoms. The molecule has 0 saturated heterocycles. The first-order chi connectivity index (χ1) is 12.4. The summed E-state index contributed by atoms with van der Waals surface area (Å²) in [6, 6.07) is 24.5. The van der Waals surface area contributed by atoms with Crippen LogP contribution in [0.1, 0.15) is 48.6 Å². The highest BCUT2D eigenvalue weighted by molar-refractivity contribution is 5.94. The third-order valence-electron chi connectivity index (χ3n) is 5.45. The van der Waals surface area contributed by atoms with Gasteiger partial charge in [0, 0.05) is 0 Å². The van der Waals surface area contributed by atoms with Gasteiger partial charge < -0.3 is 0 Å². The molecule has 0 nitrogen and oxygen atoms in total. The van der Waals surface area contributed by atoms with Crippen molar-refractivity contribution in [1.82, 2.24) is 0 Å². The average Bonchev–Trinajstić information content (AvgIpc) is 3.05. The third-order valence-corrected chi connectivity index (χ3v) is 5.45. The van der Waals surface area contributed by atoms with E-state index in [9.17, 15) is 0 Å². The second kappa shape index (κ2) is 6.29. The Kier molecular flexibility index (Phi) is 4.07. The molecular formula is C26H26. The molecule has 0 heteroatoms. The normalized spacial score (nSPS) is 13.5. The smallest absolute Gasteiger partial charge is 0.00133 e. The van der Waals surface area contributed by atoms with Gasteiger partial charge in [-0.25, -0.2) is 0 Å². The van der Waals surface area contributed by atoms with Crippen molar-refractivity contribution in [1.29, 1.82) is 0 Å². The summed E-state index contributed by atoms with van der Waals surface area (Å²) in [5.74, 6) is 0. The summed E-state index contributed by atoms with van der Waals surface area (Å²) in [5.41, 5.74) is 11.2. The molecule has 1 aliphatic rings. The lowest BCUT2D eigenvalue weighted by atomic mass is 9.86. The second-order valence-corrected chi connectivity index (χ2v) is 8.37. The fourth-order valence-corrected chi connectivity index (χ4v) is 3.88. The first kappa shape index (κ1) is 16.8. The molecule has 0 bridgehead atoms. The van der Waals surface area contributed by atoms with Gasteiger partial charge in [-0.2, -0.15) is 0 Å². The van der Waals surface area contributed by atoms with Crippen LogP contribution in [-0.4, -0.2) is 0 Å². The van der Waals surface area contributed by atoms with Gasteiger partial charge >= 0.3 is 0 Å². The van der Waals surface area contributed by atoms with Gasteiger partial charge in [0.1, 0.15) is 0 Å². The highest BCUT2D eigenvalue weighted by Crippen LogP contribution is 2.38. The van der Waals surface area contributed by atoms with E-state index in [1.54, 1.807) is 0 Å². The van der Waals surface area contributed by atoms with Gasteiger partial charge in [0.25, 0.3) is 0 Å². The van der Waals surface area contributed by atoms with Crippen LogP contribution in [0, 0.1) is 6.92 Å². The number of hydrogen-bond donors (Lipinski definition) is 0. The van der Waals surface area contributed by atoms with Crippen LogP contribution < -0.4 is 0 Å². The lowest BCUT2D eigenvalue weighted by Gasteiger charge is -2.19. The van der Waals surface area contributed by atoms with Crippen molar-refractivity contribution in [3.8, 4) is 11.1 Å². The third kappa shape index (κ3) is 3.01. The largest absolute Gasteiger partial charge is 0.0620 e. The van der Waals surface area contributed by atoms with Crippen molar-refractivity contribution in [3.05, 3.63) is 94.5 Å². The van der Waals surface area contributed by atoms with Crippen LogP contribution in [0.4, 0.5) is 0 Å². The minimum Gasteiger partial charge on any atom is -0.0620 e. The van der Waals surface area contributed by atoms with E-state index in [0.717, 1.165) is 6.42 Å². The van der Waals surface area contributed by atoms with Gasteiger partial charge in [0.2, 0.25) is 0 Å². The topological polar surface area (TPSA) is 0 Å². The van der Waals surface area contributed by atoms with E-state index in [2.05, 4.69) is 101 Å². The number of benzene rings is 3. The molecule has 4 rings (SSSR count). The Morgan fingerprint density at radius 2 is 1.42 bits per heavy atom. The molecule has 1 aliphatic carbocycles. The van der Waals surface area contributed by atoms with E-state index >= 15 is 0 Å². The van der Waals surface area contributed by atoms with Crippen LogP contribution in [0.2, 0.25) is 0 Å². The van der Waals surface area contributed by atoms with Gasteiger partial charge in [0.15, 0.2) is 0 Å². The van der Waals surface area contributed by atoms with Crippen molar-refractivity contribution < 1.29 is 0 Å². The fourth-order valence-electron chi connectivity index (χ4n) is 3.88. The first-order valence-electron chi connectivity index (χ1n) is 9.43. The molecule has 0 radical (unpaired) electrons. The molecule has 3 aromatic carbocycles. The standard InChI is InChI=1S/C26H26/c1-18-8-5-6-10-23(18)21-16-20-9-7-11-24(25(20)17-21)19-12-14-22(15-13-19)26(2,3)4/h5-15,17H,16H2,1-4H3. The molecule has 0 fully saturated rings. The molecule has 0 unspecified atom stereocenters. The lowest BCUT2D eigenvalue weighted by molar-refractivity contribution is 0.590. The summed E-state index contributed by atoms with van der Waals surface area (Å²) in [6.07, 6.45) is 3.42. The SMILES string of the molecule is Cc1ccccc1C1=Cc2c(cccc2-c2ccc(C(C)(C)C)cc2)C1. The van der Waals surface area contributed by atoms with Crippen LogP contribution in [-0.2, 0) is 11.8 Å². The monoisotopic (exact) mass is 338 g/mol. The van der Waals surface area contributed by atoms with Crippen LogP contribution in [0.5, 0.6) is 0 Å². The van der Waals surface area contributed by atoms with Gasteiger partial charge in [0.05, 0.1) is 0 Å². The average molecular weight is 338 g/mol. The van der Waals surface area contributed by atoms with Crippen LogP contribution >= 0.6 is 0 Å². The number of allylic oxidation sites excluding steroid dienone is 1. The molecule has 0 atom stereocenters. The van der Waals surface area contributed by atoms with Crippen molar-refractivity contribution in [2.24, 2.45) is 0 Å². The number of aryl methyl sites for hydroxylation is 1. The molecule has 0 heterocycles. The molecule has 0 aliphatic heterocycles. The highest BCUT2D eigenvalue weighted by Gasteiger charge is 2.19. The Labute approximate surface area is 157 Å². The van der Waals surface area contributed by atoms with Crippen LogP contribution in [0.15, 0.2) is 66.7 Å². The van der Waals surface area contributed by atoms with Crippen LogP contribution in [0.25, 0.3) is 22.8 Å². The number of rotatable bonds is 2. The Balaban J connectivity index is 1.76. The van der Waals surface area contributed by atoms with Gasteiger partial charge in [-0.15, -0.1) is 0 Å². The van der Waals surface area contributed by atoms with E-state index in [1.165, 1.54) is 44.5 Å². The fraction of sp³-hybridized carbons (Fsp3) is 0.231. The summed E-state index contributed by atoms with van der Waals surface area (Å²) in [7, 11) is 0. The van der Waals surface area contributed by atoms with E-state index in [4.69, 9.17) is 0 Å². The van der Waals surface area contributed by atoms with Gasteiger partial charge in [-0.3, -0.25) is 0 Å². The Morgan fingerprint density at radius 3 is 2.12 bits per heavy atom. The summed E-state index contributed by atoms with van der Waals surface area (Å²) in [6.45, 7) is 8.99. The quantitative estimate of drug-likeness (QED) is 0.469. The van der Waals surface area contributed by atoms with Gasteiger partial charge in [-0.05, 0) is 69.4 Å². The van der Waals surface area contributed by atoms with E-state index in [-0.39, 0.29) is 5.41 Å². The van der Waals surface area contributed by atoms with E-state index < -0.39 is 0 Å². The minimum atomic E-state index is 0.190. The molecule has 0 N–H and O–H groups in total. The zero-order valence-corrected chi connectivity index (χ0v) is 16.1. The Bertz CT molecular complexity index is 979. The molecule has 0 saturated carbocycles. The van der Waals surface area contributed by atoms with Gasteiger partial charge in [-0.1, -0.05) is 87.5 Å². The zero-order valence-electron chi connectivity index (χ0n) is 16.1. The Hall–Kier alpha value is -2.60. The molecule has 130 valence electrons. The maximum absolute atomic E-state index is 2.39. The maximum Gasteiger partial charge on any atom is -0.00133 e. The summed E-state index contributed by atoms with van der Waals surface area (Å²) in [4.78, 5) is 0. The van der Waals surface area contributed by atoms with E-state index in [0.29, 0.717) is 0 Å². The predicted molar refractivity (Wildman–Crippen MR) is 113 cm³/mol. The van der Waals surface area contributed by atoms with Crippen molar-refractivity contribution in [2.75, 3.05) is 0 Å². The van der Waals surface area contributed by atoms with Crippen molar-refractivity contribution in [2.45, 2.75) is 39.5 Å². The molecule has 0 aromatic heterocycles. The second-order valence-electron chi connectivity index (χ2n) is 8.37. The minimum absolute atomic E-state index is 0.190. The van der Waals surface area contributed by atoms with Crippen molar-refractivity contribution in [3.63, 3.8) is 0 Å². The molecule has 0 amide bonds. The predicted octanol–water partition coefficient (Wildman–Crippen LogP) is 7.06. The maximum atomic E-state index is 2.39. The summed E-state index contributed by atoms with van der Waals surface area (Å²) in [5, 5.41) is 0. The zero-order chi connectivity index (χ0) is 18.3. The first-order valence-corrected chi connectivity index (χ1v) is 9.43. The summed E-state index contributed by atoms with van der Waals surface area (Å²) < 4.78 is 0.